The number of hydrogen-bond donors (Lipinski definition) is 1. The van der Waals surface area contributed by atoms with Crippen LogP contribution in [0.3, 0.4) is 0 Å². The van der Waals surface area contributed by atoms with Crippen molar-refractivity contribution in [2.24, 2.45) is 11.8 Å². The molecule has 21 heavy (non-hydrogen) atoms. The first kappa shape index (κ1) is 15.4. The number of carbonyl (C=O) groups excluding carboxylic acids is 2. The molecule has 114 valence electrons. The highest BCUT2D eigenvalue weighted by molar-refractivity contribution is 6.00. The molecule has 1 saturated heterocycles. The molecule has 0 aliphatic carbocycles. The van der Waals surface area contributed by atoms with Crippen LogP contribution < -0.4 is 5.32 Å². The van der Waals surface area contributed by atoms with Gasteiger partial charge in [0.1, 0.15) is 0 Å². The van der Waals surface area contributed by atoms with Crippen molar-refractivity contribution in [1.29, 1.82) is 0 Å². The number of carbonyl (C=O) groups is 2. The van der Waals surface area contributed by atoms with Crippen molar-refractivity contribution in [3.63, 3.8) is 0 Å². The molecule has 5 heteroatoms. The van der Waals surface area contributed by atoms with Crippen LogP contribution in [-0.2, 0) is 9.53 Å². The van der Waals surface area contributed by atoms with E-state index >= 15 is 0 Å². The molecule has 2 unspecified atom stereocenters. The van der Waals surface area contributed by atoms with E-state index in [4.69, 9.17) is 4.74 Å². The molecule has 1 aliphatic rings. The quantitative estimate of drug-likeness (QED) is 0.862. The minimum atomic E-state index is -0.238. The Hall–Kier alpha value is -2.04. The Kier molecular flexibility index (Phi) is 4.83. The third kappa shape index (κ3) is 3.17. The zero-order valence-electron chi connectivity index (χ0n) is 12.8. The van der Waals surface area contributed by atoms with Crippen molar-refractivity contribution in [2.75, 3.05) is 32.1 Å². The Morgan fingerprint density at radius 1 is 1.33 bits per heavy atom. The number of anilines is 1. The molecule has 1 amide bonds. The van der Waals surface area contributed by atoms with Gasteiger partial charge in [0.15, 0.2) is 0 Å². The van der Waals surface area contributed by atoms with Crippen LogP contribution >= 0.6 is 0 Å². The van der Waals surface area contributed by atoms with E-state index in [0.29, 0.717) is 18.7 Å². The molecule has 0 bridgehead atoms. The summed E-state index contributed by atoms with van der Waals surface area (Å²) in [4.78, 5) is 26.1. The van der Waals surface area contributed by atoms with E-state index in [-0.39, 0.29) is 23.7 Å². The van der Waals surface area contributed by atoms with Gasteiger partial charge >= 0.3 is 5.97 Å². The Morgan fingerprint density at radius 2 is 2.05 bits per heavy atom. The minimum absolute atomic E-state index is 0.0372. The molecule has 2 atom stereocenters. The van der Waals surface area contributed by atoms with Crippen LogP contribution in [-0.4, -0.2) is 43.5 Å². The Morgan fingerprint density at radius 3 is 2.71 bits per heavy atom. The van der Waals surface area contributed by atoms with Gasteiger partial charge in [-0.1, -0.05) is 19.1 Å². The summed E-state index contributed by atoms with van der Waals surface area (Å²) in [5.74, 6) is -0.388. The zero-order valence-corrected chi connectivity index (χ0v) is 12.8. The lowest BCUT2D eigenvalue weighted by Crippen LogP contribution is -2.30. The third-order valence-electron chi connectivity index (χ3n) is 3.93. The van der Waals surface area contributed by atoms with Crippen molar-refractivity contribution in [3.05, 3.63) is 29.8 Å². The molecule has 0 radical (unpaired) electrons. The predicted octanol–water partition coefficient (Wildman–Crippen LogP) is 2.00. The second kappa shape index (κ2) is 6.61. The number of hydrogen-bond acceptors (Lipinski definition) is 4. The summed E-state index contributed by atoms with van der Waals surface area (Å²) in [6.45, 7) is 5.73. The molecule has 1 aromatic rings. The van der Waals surface area contributed by atoms with Gasteiger partial charge < -0.3 is 15.0 Å². The lowest BCUT2D eigenvalue weighted by Gasteiger charge is -2.18. The molecular formula is C16H22N2O3. The van der Waals surface area contributed by atoms with Gasteiger partial charge in [-0.15, -0.1) is 0 Å². The van der Waals surface area contributed by atoms with Crippen LogP contribution in [0, 0.1) is 11.8 Å². The number of rotatable bonds is 4. The highest BCUT2D eigenvalue weighted by atomic mass is 16.5. The number of methoxy groups -OCH3 is 1. The van der Waals surface area contributed by atoms with Crippen molar-refractivity contribution >= 4 is 17.6 Å². The van der Waals surface area contributed by atoms with Gasteiger partial charge in [-0.3, -0.25) is 9.59 Å². The Bertz CT molecular complexity index is 530. The van der Waals surface area contributed by atoms with Crippen LogP contribution in [0.5, 0.6) is 0 Å². The van der Waals surface area contributed by atoms with E-state index in [2.05, 4.69) is 5.32 Å². The smallest absolute Gasteiger partial charge is 0.310 e. The standard InChI is InChI=1S/C16H22N2O3/c1-4-17-14-8-6-5-7-12(14)15(19)18-9-11(2)13(10-18)16(20)21-3/h5-8,11,13,17H,4,9-10H2,1-3H3. The van der Waals surface area contributed by atoms with E-state index in [0.717, 1.165) is 12.2 Å². The first-order valence-corrected chi connectivity index (χ1v) is 7.28. The molecule has 1 N–H and O–H groups in total. The molecule has 1 aliphatic heterocycles. The van der Waals surface area contributed by atoms with Crippen LogP contribution in [0.25, 0.3) is 0 Å². The molecule has 0 spiro atoms. The van der Waals surface area contributed by atoms with Gasteiger partial charge in [0, 0.05) is 25.3 Å². The van der Waals surface area contributed by atoms with Crippen LogP contribution in [0.4, 0.5) is 5.69 Å². The highest BCUT2D eigenvalue weighted by Crippen LogP contribution is 2.27. The number of nitrogens with one attached hydrogen (secondary N) is 1. The zero-order chi connectivity index (χ0) is 15.4. The number of esters is 1. The van der Waals surface area contributed by atoms with Crippen molar-refractivity contribution in [1.82, 2.24) is 4.90 Å². The van der Waals surface area contributed by atoms with Crippen molar-refractivity contribution in [3.8, 4) is 0 Å². The van der Waals surface area contributed by atoms with Gasteiger partial charge in [-0.2, -0.15) is 0 Å². The molecule has 2 rings (SSSR count). The predicted molar refractivity (Wildman–Crippen MR) is 81.2 cm³/mol. The Balaban J connectivity index is 2.16. The lowest BCUT2D eigenvalue weighted by molar-refractivity contribution is -0.146. The first-order valence-electron chi connectivity index (χ1n) is 7.28. The number of nitrogens with zero attached hydrogens (tertiary/aromatic N) is 1. The molecule has 5 nitrogen and oxygen atoms in total. The van der Waals surface area contributed by atoms with Crippen molar-refractivity contribution in [2.45, 2.75) is 13.8 Å². The SMILES string of the molecule is CCNc1ccccc1C(=O)N1CC(C)C(C(=O)OC)C1. The first-order chi connectivity index (χ1) is 10.1. The lowest BCUT2D eigenvalue weighted by atomic mass is 9.99. The fraction of sp³-hybridized carbons (Fsp3) is 0.500. The summed E-state index contributed by atoms with van der Waals surface area (Å²) in [5, 5.41) is 3.20. The van der Waals surface area contributed by atoms with Gasteiger partial charge in [-0.05, 0) is 25.0 Å². The molecule has 1 aromatic carbocycles. The van der Waals surface area contributed by atoms with Gasteiger partial charge in [0.2, 0.25) is 0 Å². The van der Waals surface area contributed by atoms with Gasteiger partial charge in [0.05, 0.1) is 18.6 Å². The summed E-state index contributed by atoms with van der Waals surface area (Å²) < 4.78 is 4.81. The molecule has 0 aromatic heterocycles. The topological polar surface area (TPSA) is 58.6 Å². The molecule has 1 heterocycles. The maximum Gasteiger partial charge on any atom is 0.310 e. The monoisotopic (exact) mass is 290 g/mol. The van der Waals surface area contributed by atoms with E-state index in [1.807, 2.05) is 38.1 Å². The number of benzene rings is 1. The summed E-state index contributed by atoms with van der Waals surface area (Å²) >= 11 is 0. The van der Waals surface area contributed by atoms with Crippen LogP contribution in [0.2, 0.25) is 0 Å². The number of ether oxygens (including phenoxy) is 1. The summed E-state index contributed by atoms with van der Waals surface area (Å²) in [6.07, 6.45) is 0. The molecule has 0 saturated carbocycles. The average Bonchev–Trinajstić information content (AvgIpc) is 2.88. The van der Waals surface area contributed by atoms with E-state index in [9.17, 15) is 9.59 Å². The molecule has 1 fully saturated rings. The van der Waals surface area contributed by atoms with Gasteiger partial charge in [-0.25, -0.2) is 0 Å². The third-order valence-corrected chi connectivity index (χ3v) is 3.93. The number of para-hydroxylation sites is 1. The normalized spacial score (nSPS) is 21.2. The van der Waals surface area contributed by atoms with Gasteiger partial charge in [0.25, 0.3) is 5.91 Å². The fourth-order valence-corrected chi connectivity index (χ4v) is 2.78. The number of amides is 1. The van der Waals surface area contributed by atoms with E-state index < -0.39 is 0 Å². The van der Waals surface area contributed by atoms with E-state index in [1.165, 1.54) is 7.11 Å². The summed E-state index contributed by atoms with van der Waals surface area (Å²) in [7, 11) is 1.39. The summed E-state index contributed by atoms with van der Waals surface area (Å²) in [5.41, 5.74) is 1.48. The largest absolute Gasteiger partial charge is 0.469 e. The van der Waals surface area contributed by atoms with Crippen LogP contribution in [0.1, 0.15) is 24.2 Å². The second-order valence-corrected chi connectivity index (χ2v) is 5.39. The van der Waals surface area contributed by atoms with Crippen molar-refractivity contribution < 1.29 is 14.3 Å². The average molecular weight is 290 g/mol. The summed E-state index contributed by atoms with van der Waals surface area (Å²) in [6, 6.07) is 7.47. The van der Waals surface area contributed by atoms with E-state index in [1.54, 1.807) is 4.90 Å². The number of likely N-dealkylation sites (tertiary alicyclic amines) is 1. The van der Waals surface area contributed by atoms with Crippen LogP contribution in [0.15, 0.2) is 24.3 Å². The highest BCUT2D eigenvalue weighted by Gasteiger charge is 2.38. The fourth-order valence-electron chi connectivity index (χ4n) is 2.78. The second-order valence-electron chi connectivity index (χ2n) is 5.39. The maximum atomic E-state index is 12.7. The molecular weight excluding hydrogens is 268 g/mol. The maximum absolute atomic E-state index is 12.7. The Labute approximate surface area is 125 Å². The minimum Gasteiger partial charge on any atom is -0.469 e.